The highest BCUT2D eigenvalue weighted by Crippen LogP contribution is 2.34. The van der Waals surface area contributed by atoms with Gasteiger partial charge in [-0.1, -0.05) is 35.0 Å². The first-order chi connectivity index (χ1) is 15.4. The lowest BCUT2D eigenvalue weighted by molar-refractivity contribution is 0.202. The molecule has 0 saturated heterocycles. The topological polar surface area (TPSA) is 128 Å². The van der Waals surface area contributed by atoms with Crippen molar-refractivity contribution in [3.63, 3.8) is 0 Å². The average Bonchev–Trinajstić information content (AvgIpc) is 2.77. The van der Waals surface area contributed by atoms with E-state index in [-0.39, 0.29) is 30.9 Å². The Hall–Kier alpha value is -2.35. The van der Waals surface area contributed by atoms with Crippen LogP contribution in [0.2, 0.25) is 0 Å². The summed E-state index contributed by atoms with van der Waals surface area (Å²) < 4.78 is 42.5. The van der Waals surface area contributed by atoms with Gasteiger partial charge in [0.15, 0.2) is 5.82 Å². The highest BCUT2D eigenvalue weighted by atomic mass is 79.9. The zero-order valence-corrected chi connectivity index (χ0v) is 20.9. The van der Waals surface area contributed by atoms with Crippen LogP contribution in [0, 0.1) is 0 Å². The van der Waals surface area contributed by atoms with Crippen molar-refractivity contribution in [3.8, 4) is 23.0 Å². The molecule has 170 valence electrons. The fourth-order valence-electron chi connectivity index (χ4n) is 2.48. The highest BCUT2D eigenvalue weighted by molar-refractivity contribution is 9.10. The number of hydrogen-bond donors (Lipinski definition) is 2. The third-order valence-electron chi connectivity index (χ3n) is 3.87. The molecule has 0 spiro atoms. The number of nitrogens with one attached hydrogen (secondary N) is 2. The predicted molar refractivity (Wildman–Crippen MR) is 127 cm³/mol. The molecule has 0 aliphatic carbocycles. The van der Waals surface area contributed by atoms with E-state index < -0.39 is 10.2 Å². The molecule has 0 fully saturated rings. The Balaban J connectivity index is 1.81. The predicted octanol–water partition coefficient (Wildman–Crippen LogP) is 3.57. The molecular weight excluding hydrogens is 568 g/mol. The number of halogens is 2. The van der Waals surface area contributed by atoms with Gasteiger partial charge < -0.3 is 9.47 Å². The van der Waals surface area contributed by atoms with Gasteiger partial charge >= 0.3 is 6.01 Å². The van der Waals surface area contributed by atoms with Crippen LogP contribution < -0.4 is 18.9 Å². The van der Waals surface area contributed by atoms with E-state index in [0.29, 0.717) is 24.1 Å². The number of nitrogens with zero attached hydrogens (tertiary/aromatic N) is 4. The van der Waals surface area contributed by atoms with Crippen LogP contribution in [0.4, 0.5) is 5.82 Å². The molecule has 32 heavy (non-hydrogen) atoms. The second-order valence-electron chi connectivity index (χ2n) is 6.29. The number of rotatable bonds is 11. The van der Waals surface area contributed by atoms with Crippen molar-refractivity contribution < 1.29 is 17.9 Å². The van der Waals surface area contributed by atoms with Crippen molar-refractivity contribution in [2.45, 2.75) is 13.3 Å². The maximum absolute atomic E-state index is 12.4. The molecule has 0 bridgehead atoms. The van der Waals surface area contributed by atoms with Crippen LogP contribution in [0.3, 0.4) is 0 Å². The maximum atomic E-state index is 12.4. The van der Waals surface area contributed by atoms with Gasteiger partial charge in [0.05, 0.1) is 10.0 Å². The zero-order valence-electron chi connectivity index (χ0n) is 17.0. The van der Waals surface area contributed by atoms with Crippen molar-refractivity contribution in [2.75, 3.05) is 24.5 Å². The van der Waals surface area contributed by atoms with Crippen LogP contribution in [0.1, 0.15) is 13.3 Å². The Bertz CT molecular complexity index is 1130. The van der Waals surface area contributed by atoms with E-state index in [1.165, 1.54) is 6.33 Å². The standard InChI is InChI=1S/C19H20Br2N6O4S/c1-2-7-26-32(28,29)27-17-16(13-3-5-14(20)6-4-13)18(25-12-24-17)30-8-9-31-19-22-10-15(21)11-23-19/h3-6,10-12,26H,2,7-9H2,1H3,(H,24,25,27). The summed E-state index contributed by atoms with van der Waals surface area (Å²) in [6, 6.07) is 7.47. The number of aromatic nitrogens is 4. The van der Waals surface area contributed by atoms with Crippen LogP contribution in [0.15, 0.2) is 51.9 Å². The molecule has 10 nitrogen and oxygen atoms in total. The first kappa shape index (κ1) is 24.3. The van der Waals surface area contributed by atoms with Crippen molar-refractivity contribution >= 4 is 47.9 Å². The van der Waals surface area contributed by atoms with Gasteiger partial charge in [-0.15, -0.1) is 0 Å². The number of anilines is 1. The minimum absolute atomic E-state index is 0.0955. The Labute approximate surface area is 202 Å². The lowest BCUT2D eigenvalue weighted by Gasteiger charge is -2.15. The van der Waals surface area contributed by atoms with Gasteiger partial charge in [-0.25, -0.2) is 19.9 Å². The molecule has 3 aromatic rings. The Morgan fingerprint density at radius 1 is 0.938 bits per heavy atom. The second kappa shape index (κ2) is 11.5. The van der Waals surface area contributed by atoms with E-state index in [9.17, 15) is 8.42 Å². The molecule has 2 heterocycles. The molecule has 13 heteroatoms. The molecule has 0 atom stereocenters. The summed E-state index contributed by atoms with van der Waals surface area (Å²) in [6.07, 6.45) is 5.03. The summed E-state index contributed by atoms with van der Waals surface area (Å²) in [5.41, 5.74) is 1.08. The highest BCUT2D eigenvalue weighted by Gasteiger charge is 2.19. The molecule has 0 radical (unpaired) electrons. The smallest absolute Gasteiger partial charge is 0.316 e. The molecular formula is C19H20Br2N6O4S. The van der Waals surface area contributed by atoms with Crippen molar-refractivity contribution in [1.29, 1.82) is 0 Å². The lowest BCUT2D eigenvalue weighted by Crippen LogP contribution is -2.31. The van der Waals surface area contributed by atoms with E-state index in [1.807, 2.05) is 19.1 Å². The third-order valence-corrected chi connectivity index (χ3v) is 5.85. The molecule has 0 aliphatic heterocycles. The van der Waals surface area contributed by atoms with Gasteiger partial charge in [0, 0.05) is 23.4 Å². The van der Waals surface area contributed by atoms with Crippen molar-refractivity contribution in [1.82, 2.24) is 24.7 Å². The molecule has 2 N–H and O–H groups in total. The Kier molecular flexibility index (Phi) is 8.73. The minimum atomic E-state index is -3.82. The summed E-state index contributed by atoms with van der Waals surface area (Å²) in [5.74, 6) is 0.300. The van der Waals surface area contributed by atoms with Crippen LogP contribution in [0.5, 0.6) is 11.9 Å². The summed E-state index contributed by atoms with van der Waals surface area (Å²) in [6.45, 7) is 2.45. The van der Waals surface area contributed by atoms with E-state index >= 15 is 0 Å². The molecule has 0 aliphatic rings. The Morgan fingerprint density at radius 2 is 1.62 bits per heavy atom. The van der Waals surface area contributed by atoms with Gasteiger partial charge in [-0.05, 0) is 40.0 Å². The molecule has 3 rings (SSSR count). The fraction of sp³-hybridized carbons (Fsp3) is 0.263. The van der Waals surface area contributed by atoms with Crippen molar-refractivity contribution in [3.05, 3.63) is 51.9 Å². The summed E-state index contributed by atoms with van der Waals surface area (Å²) in [7, 11) is -3.82. The SMILES string of the molecule is CCCNS(=O)(=O)Nc1ncnc(OCCOc2ncc(Br)cn2)c1-c1ccc(Br)cc1. The van der Waals surface area contributed by atoms with Gasteiger partial charge in [0.2, 0.25) is 5.88 Å². The van der Waals surface area contributed by atoms with E-state index in [4.69, 9.17) is 9.47 Å². The van der Waals surface area contributed by atoms with E-state index in [2.05, 4.69) is 61.2 Å². The summed E-state index contributed by atoms with van der Waals surface area (Å²) in [4.78, 5) is 16.4. The largest absolute Gasteiger partial charge is 0.473 e. The normalized spacial score (nSPS) is 11.2. The van der Waals surface area contributed by atoms with Crippen LogP contribution >= 0.6 is 31.9 Å². The molecule has 1 aromatic carbocycles. The summed E-state index contributed by atoms with van der Waals surface area (Å²) >= 11 is 6.65. The minimum Gasteiger partial charge on any atom is -0.473 e. The number of ether oxygens (including phenoxy) is 2. The number of hydrogen-bond acceptors (Lipinski definition) is 8. The van der Waals surface area contributed by atoms with Crippen LogP contribution in [0.25, 0.3) is 11.1 Å². The van der Waals surface area contributed by atoms with Gasteiger partial charge in [-0.2, -0.15) is 13.1 Å². The van der Waals surface area contributed by atoms with Crippen molar-refractivity contribution in [2.24, 2.45) is 0 Å². The lowest BCUT2D eigenvalue weighted by atomic mass is 10.1. The van der Waals surface area contributed by atoms with E-state index in [1.54, 1.807) is 24.5 Å². The van der Waals surface area contributed by atoms with Crippen LogP contribution in [-0.4, -0.2) is 48.1 Å². The first-order valence-electron chi connectivity index (χ1n) is 9.49. The van der Waals surface area contributed by atoms with Gasteiger partial charge in [0.25, 0.3) is 10.2 Å². The summed E-state index contributed by atoms with van der Waals surface area (Å²) in [5, 5.41) is 0. The molecule has 0 amide bonds. The van der Waals surface area contributed by atoms with Gasteiger partial charge in [0.1, 0.15) is 19.5 Å². The van der Waals surface area contributed by atoms with Crippen LogP contribution in [-0.2, 0) is 10.2 Å². The zero-order chi connectivity index (χ0) is 23.0. The Morgan fingerprint density at radius 3 is 2.31 bits per heavy atom. The number of benzene rings is 1. The second-order valence-corrected chi connectivity index (χ2v) is 9.62. The molecule has 0 saturated carbocycles. The van der Waals surface area contributed by atoms with Gasteiger partial charge in [-0.3, -0.25) is 4.72 Å². The fourth-order valence-corrected chi connectivity index (χ4v) is 3.90. The molecule has 0 unspecified atom stereocenters. The van der Waals surface area contributed by atoms with E-state index in [0.717, 1.165) is 8.95 Å². The maximum Gasteiger partial charge on any atom is 0.316 e. The first-order valence-corrected chi connectivity index (χ1v) is 12.6. The monoisotopic (exact) mass is 586 g/mol. The third kappa shape index (κ3) is 7.08. The molecule has 2 aromatic heterocycles. The average molecular weight is 588 g/mol. The quantitative estimate of drug-likeness (QED) is 0.326.